The van der Waals surface area contributed by atoms with Crippen LogP contribution in [0.4, 0.5) is 0 Å². The predicted molar refractivity (Wildman–Crippen MR) is 35.6 cm³/mol. The summed E-state index contributed by atoms with van der Waals surface area (Å²) in [4.78, 5) is 10.4. The summed E-state index contributed by atoms with van der Waals surface area (Å²) >= 11 is 0. The second kappa shape index (κ2) is 3.01. The van der Waals surface area contributed by atoms with E-state index < -0.39 is 5.97 Å². The third-order valence-corrected chi connectivity index (χ3v) is 2.15. The van der Waals surface area contributed by atoms with Gasteiger partial charge in [0.1, 0.15) is 0 Å². The average Bonchev–Trinajstić information content (AvgIpc) is 2.34. The third kappa shape index (κ3) is 1.48. The second-order valence-corrected chi connectivity index (χ2v) is 2.90. The van der Waals surface area contributed by atoms with Crippen LogP contribution in [0.15, 0.2) is 0 Å². The summed E-state index contributed by atoms with van der Waals surface area (Å²) in [5.74, 6) is -0.672. The summed E-state index contributed by atoms with van der Waals surface area (Å²) in [7, 11) is 0. The first-order valence-corrected chi connectivity index (χ1v) is 3.57. The maximum atomic E-state index is 10.4. The van der Waals surface area contributed by atoms with Crippen molar-refractivity contribution in [1.29, 1.82) is 0 Å². The van der Waals surface area contributed by atoms with E-state index in [0.717, 1.165) is 12.8 Å². The zero-order valence-electron chi connectivity index (χ0n) is 5.79. The van der Waals surface area contributed by atoms with Crippen molar-refractivity contribution < 1.29 is 15.0 Å². The van der Waals surface area contributed by atoms with Gasteiger partial charge in [-0.15, -0.1) is 0 Å². The fraction of sp³-hybridized carbons (Fsp3) is 0.857. The summed E-state index contributed by atoms with van der Waals surface area (Å²) in [5.41, 5.74) is 0. The number of carbonyl (C=O) groups is 1. The molecule has 0 saturated heterocycles. The first-order valence-electron chi connectivity index (χ1n) is 3.57. The highest BCUT2D eigenvalue weighted by Crippen LogP contribution is 2.30. The quantitative estimate of drug-likeness (QED) is 0.592. The average molecular weight is 144 g/mol. The van der Waals surface area contributed by atoms with Crippen LogP contribution in [0.25, 0.3) is 0 Å². The van der Waals surface area contributed by atoms with Crippen molar-refractivity contribution in [2.45, 2.75) is 19.3 Å². The Balaban J connectivity index is 2.35. The van der Waals surface area contributed by atoms with Gasteiger partial charge in [0.05, 0.1) is 5.92 Å². The molecule has 1 aliphatic carbocycles. The summed E-state index contributed by atoms with van der Waals surface area (Å²) < 4.78 is 0. The van der Waals surface area contributed by atoms with Gasteiger partial charge in [-0.2, -0.15) is 0 Å². The number of aliphatic carboxylic acids is 1. The van der Waals surface area contributed by atoms with E-state index in [0.29, 0.717) is 6.42 Å². The van der Waals surface area contributed by atoms with E-state index in [4.69, 9.17) is 10.2 Å². The molecule has 3 nitrogen and oxygen atoms in total. The highest BCUT2D eigenvalue weighted by molar-refractivity contribution is 5.70. The van der Waals surface area contributed by atoms with Crippen LogP contribution in [0.2, 0.25) is 0 Å². The molecule has 2 atom stereocenters. The van der Waals surface area contributed by atoms with Gasteiger partial charge in [-0.25, -0.2) is 0 Å². The molecule has 10 heavy (non-hydrogen) atoms. The van der Waals surface area contributed by atoms with Crippen LogP contribution in [0.5, 0.6) is 0 Å². The fourth-order valence-corrected chi connectivity index (χ4v) is 1.47. The third-order valence-electron chi connectivity index (χ3n) is 2.15. The van der Waals surface area contributed by atoms with Gasteiger partial charge in [-0.05, 0) is 25.2 Å². The molecule has 0 aromatic rings. The van der Waals surface area contributed by atoms with E-state index in [2.05, 4.69) is 0 Å². The Hall–Kier alpha value is -0.570. The van der Waals surface area contributed by atoms with Crippen LogP contribution in [-0.4, -0.2) is 22.8 Å². The molecule has 2 N–H and O–H groups in total. The van der Waals surface area contributed by atoms with Crippen molar-refractivity contribution in [2.75, 3.05) is 6.61 Å². The molecular weight excluding hydrogens is 132 g/mol. The van der Waals surface area contributed by atoms with Crippen LogP contribution in [-0.2, 0) is 4.79 Å². The van der Waals surface area contributed by atoms with E-state index in [9.17, 15) is 4.79 Å². The van der Waals surface area contributed by atoms with Gasteiger partial charge in [0.2, 0.25) is 0 Å². The fourth-order valence-electron chi connectivity index (χ4n) is 1.47. The number of carboxylic acid groups (broad SMARTS) is 1. The number of hydrogen-bond acceptors (Lipinski definition) is 2. The molecule has 0 unspecified atom stereocenters. The van der Waals surface area contributed by atoms with E-state index in [1.807, 2.05) is 0 Å². The van der Waals surface area contributed by atoms with E-state index in [1.165, 1.54) is 0 Å². The Morgan fingerprint density at radius 2 is 2.20 bits per heavy atom. The Labute approximate surface area is 59.7 Å². The van der Waals surface area contributed by atoms with Gasteiger partial charge < -0.3 is 10.2 Å². The number of rotatable bonds is 2. The molecule has 1 fully saturated rings. The van der Waals surface area contributed by atoms with E-state index in [-0.39, 0.29) is 18.4 Å². The van der Waals surface area contributed by atoms with E-state index >= 15 is 0 Å². The normalized spacial score (nSPS) is 32.5. The van der Waals surface area contributed by atoms with Gasteiger partial charge in [0, 0.05) is 6.61 Å². The molecule has 0 amide bonds. The van der Waals surface area contributed by atoms with Gasteiger partial charge in [0.25, 0.3) is 0 Å². The standard InChI is InChI=1S/C7H12O3/c8-4-5-1-2-6(3-5)7(9)10/h5-6,8H,1-4H2,(H,9,10)/t5-,6-/m1/s1. The van der Waals surface area contributed by atoms with Crippen molar-refractivity contribution >= 4 is 5.97 Å². The highest BCUT2D eigenvalue weighted by atomic mass is 16.4. The van der Waals surface area contributed by atoms with Crippen molar-refractivity contribution in [3.63, 3.8) is 0 Å². The number of aliphatic hydroxyl groups is 1. The molecular formula is C7H12O3. The monoisotopic (exact) mass is 144 g/mol. The molecule has 0 heterocycles. The maximum Gasteiger partial charge on any atom is 0.306 e. The van der Waals surface area contributed by atoms with Crippen LogP contribution < -0.4 is 0 Å². The van der Waals surface area contributed by atoms with Crippen LogP contribution in [0.3, 0.4) is 0 Å². The minimum atomic E-state index is -0.712. The highest BCUT2D eigenvalue weighted by Gasteiger charge is 2.28. The van der Waals surface area contributed by atoms with Gasteiger partial charge >= 0.3 is 5.97 Å². The van der Waals surface area contributed by atoms with Crippen molar-refractivity contribution in [2.24, 2.45) is 11.8 Å². The lowest BCUT2D eigenvalue weighted by Gasteiger charge is -2.02. The molecule has 0 aliphatic heterocycles. The largest absolute Gasteiger partial charge is 0.481 e. The lowest BCUT2D eigenvalue weighted by Crippen LogP contribution is -2.10. The Morgan fingerprint density at radius 3 is 2.50 bits per heavy atom. The van der Waals surface area contributed by atoms with Crippen LogP contribution in [0.1, 0.15) is 19.3 Å². The Bertz CT molecular complexity index is 133. The second-order valence-electron chi connectivity index (χ2n) is 2.90. The molecule has 1 rings (SSSR count). The molecule has 0 radical (unpaired) electrons. The summed E-state index contributed by atoms with van der Waals surface area (Å²) in [5, 5.41) is 17.2. The van der Waals surface area contributed by atoms with Gasteiger partial charge in [-0.1, -0.05) is 0 Å². The molecule has 0 bridgehead atoms. The summed E-state index contributed by atoms with van der Waals surface area (Å²) in [6.45, 7) is 0.143. The molecule has 1 saturated carbocycles. The van der Waals surface area contributed by atoms with Crippen molar-refractivity contribution in [1.82, 2.24) is 0 Å². The Kier molecular flexibility index (Phi) is 2.27. The zero-order chi connectivity index (χ0) is 7.56. The molecule has 1 aliphatic rings. The summed E-state index contributed by atoms with van der Waals surface area (Å²) in [6.07, 6.45) is 2.26. The number of hydrogen-bond donors (Lipinski definition) is 2. The van der Waals surface area contributed by atoms with Crippen molar-refractivity contribution in [3.05, 3.63) is 0 Å². The molecule has 58 valence electrons. The lowest BCUT2D eigenvalue weighted by atomic mass is 10.1. The molecule has 0 aromatic heterocycles. The number of carboxylic acids is 1. The van der Waals surface area contributed by atoms with Crippen LogP contribution >= 0.6 is 0 Å². The molecule has 0 spiro atoms. The number of aliphatic hydroxyl groups excluding tert-OH is 1. The van der Waals surface area contributed by atoms with Crippen LogP contribution in [0, 0.1) is 11.8 Å². The maximum absolute atomic E-state index is 10.4. The van der Waals surface area contributed by atoms with Gasteiger partial charge in [-0.3, -0.25) is 4.79 Å². The summed E-state index contributed by atoms with van der Waals surface area (Å²) in [6, 6.07) is 0. The van der Waals surface area contributed by atoms with E-state index in [1.54, 1.807) is 0 Å². The lowest BCUT2D eigenvalue weighted by molar-refractivity contribution is -0.141. The Morgan fingerprint density at radius 1 is 1.50 bits per heavy atom. The topological polar surface area (TPSA) is 57.5 Å². The first-order chi connectivity index (χ1) is 4.74. The SMILES string of the molecule is O=C(O)[C@@H]1CC[C@@H](CO)C1. The predicted octanol–water partition coefficient (Wildman–Crippen LogP) is 0.480. The minimum Gasteiger partial charge on any atom is -0.481 e. The molecule has 0 aromatic carbocycles. The smallest absolute Gasteiger partial charge is 0.306 e. The first kappa shape index (κ1) is 7.54. The minimum absolute atomic E-state index is 0.143. The van der Waals surface area contributed by atoms with Gasteiger partial charge in [0.15, 0.2) is 0 Å². The van der Waals surface area contributed by atoms with Crippen molar-refractivity contribution in [3.8, 4) is 0 Å². The molecule has 3 heteroatoms. The zero-order valence-corrected chi connectivity index (χ0v) is 5.79.